The molecule has 0 saturated carbocycles. The third kappa shape index (κ3) is 4.64. The van der Waals surface area contributed by atoms with Crippen molar-refractivity contribution >= 4 is 34.8 Å². The highest BCUT2D eigenvalue weighted by Gasteiger charge is 2.26. The molecule has 3 rings (SSSR count). The van der Waals surface area contributed by atoms with Gasteiger partial charge in [-0.15, -0.1) is 0 Å². The summed E-state index contributed by atoms with van der Waals surface area (Å²) in [5.74, 6) is -0.557. The lowest BCUT2D eigenvalue weighted by Gasteiger charge is -2.39. The molecule has 0 aromatic heterocycles. The van der Waals surface area contributed by atoms with Gasteiger partial charge in [0.05, 0.1) is 6.04 Å². The molecule has 0 aliphatic carbocycles. The number of amides is 2. The lowest BCUT2D eigenvalue weighted by molar-refractivity contribution is -0.120. The minimum Gasteiger partial charge on any atom is -0.369 e. The normalized spacial score (nSPS) is 15.9. The van der Waals surface area contributed by atoms with Gasteiger partial charge in [-0.2, -0.15) is 0 Å². The summed E-state index contributed by atoms with van der Waals surface area (Å²) in [6, 6.07) is 12.3. The largest absolute Gasteiger partial charge is 0.369 e. The average molecular weight is 401 g/mol. The highest BCUT2D eigenvalue weighted by Crippen LogP contribution is 2.25. The van der Waals surface area contributed by atoms with E-state index in [0.717, 1.165) is 36.9 Å². The second-order valence-electron chi connectivity index (χ2n) is 7.06. The van der Waals surface area contributed by atoms with Gasteiger partial charge in [-0.1, -0.05) is 17.7 Å². The van der Waals surface area contributed by atoms with E-state index in [0.29, 0.717) is 11.3 Å². The second-order valence-corrected chi connectivity index (χ2v) is 7.50. The van der Waals surface area contributed by atoms with Crippen LogP contribution in [0.25, 0.3) is 0 Å². The van der Waals surface area contributed by atoms with Gasteiger partial charge in [-0.25, -0.2) is 0 Å². The van der Waals surface area contributed by atoms with E-state index in [9.17, 15) is 9.59 Å². The van der Waals surface area contributed by atoms with Gasteiger partial charge in [-0.05, 0) is 55.8 Å². The molecule has 1 atom stereocenters. The maximum atomic E-state index is 12.6. The maximum absolute atomic E-state index is 12.6. The highest BCUT2D eigenvalue weighted by atomic mass is 35.5. The third-order valence-corrected chi connectivity index (χ3v) is 5.43. The number of benzene rings is 2. The fraction of sp³-hybridized carbons (Fsp3) is 0.333. The van der Waals surface area contributed by atoms with E-state index in [-0.39, 0.29) is 11.9 Å². The van der Waals surface area contributed by atoms with E-state index in [1.807, 2.05) is 25.1 Å². The molecule has 1 fully saturated rings. The Balaban J connectivity index is 1.57. The molecule has 2 amide bonds. The number of carbonyl (C=O) groups is 2. The molecular weight excluding hydrogens is 376 g/mol. The van der Waals surface area contributed by atoms with Crippen molar-refractivity contribution in [2.45, 2.75) is 19.9 Å². The van der Waals surface area contributed by atoms with Crippen LogP contribution in [-0.2, 0) is 4.79 Å². The van der Waals surface area contributed by atoms with E-state index in [2.05, 4.69) is 22.0 Å². The van der Waals surface area contributed by atoms with Crippen molar-refractivity contribution in [3.05, 3.63) is 58.6 Å². The maximum Gasteiger partial charge on any atom is 0.248 e. The minimum atomic E-state index is -0.487. The number of aryl methyl sites for hydroxylation is 1. The molecule has 1 heterocycles. The molecule has 0 bridgehead atoms. The number of carbonyl (C=O) groups excluding carboxylic acids is 2. The fourth-order valence-electron chi connectivity index (χ4n) is 3.40. The molecule has 0 radical (unpaired) electrons. The molecule has 0 unspecified atom stereocenters. The van der Waals surface area contributed by atoms with Crippen molar-refractivity contribution < 1.29 is 9.59 Å². The predicted molar refractivity (Wildman–Crippen MR) is 113 cm³/mol. The number of primary amides is 1. The van der Waals surface area contributed by atoms with Crippen LogP contribution in [0.4, 0.5) is 11.4 Å². The molecule has 3 N–H and O–H groups in total. The summed E-state index contributed by atoms with van der Waals surface area (Å²) in [6.07, 6.45) is 0. The summed E-state index contributed by atoms with van der Waals surface area (Å²) < 4.78 is 0. The number of nitrogens with one attached hydrogen (secondary N) is 1. The first-order chi connectivity index (χ1) is 13.3. The second kappa shape index (κ2) is 8.63. The molecule has 2 aromatic rings. The molecular formula is C21H25ClN4O2. The van der Waals surface area contributed by atoms with Crippen LogP contribution < -0.4 is 16.0 Å². The number of anilines is 2. The lowest BCUT2D eigenvalue weighted by atomic mass is 10.1. The van der Waals surface area contributed by atoms with Crippen molar-refractivity contribution in [1.82, 2.24) is 4.90 Å². The van der Waals surface area contributed by atoms with Gasteiger partial charge < -0.3 is 16.0 Å². The molecule has 2 aromatic carbocycles. The molecule has 1 aliphatic heterocycles. The number of hydrogen-bond donors (Lipinski definition) is 2. The van der Waals surface area contributed by atoms with Gasteiger partial charge in [0.25, 0.3) is 0 Å². The van der Waals surface area contributed by atoms with Crippen LogP contribution in [0.2, 0.25) is 5.02 Å². The van der Waals surface area contributed by atoms with Crippen molar-refractivity contribution in [3.63, 3.8) is 0 Å². The van der Waals surface area contributed by atoms with Crippen molar-refractivity contribution in [3.8, 4) is 0 Å². The average Bonchev–Trinajstić information content (AvgIpc) is 2.69. The summed E-state index contributed by atoms with van der Waals surface area (Å²) in [5.41, 5.74) is 8.65. The number of piperazine rings is 1. The molecule has 148 valence electrons. The third-order valence-electron chi connectivity index (χ3n) is 5.19. The predicted octanol–water partition coefficient (Wildman–Crippen LogP) is 2.90. The molecule has 6 nitrogen and oxygen atoms in total. The molecule has 1 aliphatic rings. The lowest BCUT2D eigenvalue weighted by Crippen LogP contribution is -2.53. The number of nitrogens with two attached hydrogens (primary N) is 1. The van der Waals surface area contributed by atoms with Crippen molar-refractivity contribution in [2.24, 2.45) is 5.73 Å². The standard InChI is InChI=1S/C21H25ClN4O2/c1-14-3-6-17(22)13-19(14)26-11-9-25(10-12-26)15(2)21(28)24-18-7-4-16(5-8-18)20(23)27/h3-8,13,15H,9-12H2,1-2H3,(H2,23,27)(H,24,28)/t15-/m1/s1. The first-order valence-electron chi connectivity index (χ1n) is 9.31. The Labute approximate surface area is 170 Å². The number of hydrogen-bond acceptors (Lipinski definition) is 4. The SMILES string of the molecule is Cc1ccc(Cl)cc1N1CCN([C@H](C)C(=O)Nc2ccc(C(N)=O)cc2)CC1. The van der Waals surface area contributed by atoms with E-state index in [1.54, 1.807) is 24.3 Å². The Bertz CT molecular complexity index is 861. The van der Waals surface area contributed by atoms with Crippen molar-refractivity contribution in [1.29, 1.82) is 0 Å². The van der Waals surface area contributed by atoms with Gasteiger partial charge in [0.2, 0.25) is 11.8 Å². The Morgan fingerprint density at radius 2 is 1.71 bits per heavy atom. The Morgan fingerprint density at radius 1 is 1.07 bits per heavy atom. The van der Waals surface area contributed by atoms with Gasteiger partial charge >= 0.3 is 0 Å². The van der Waals surface area contributed by atoms with E-state index < -0.39 is 5.91 Å². The minimum absolute atomic E-state index is 0.0702. The first kappa shape index (κ1) is 20.2. The zero-order valence-electron chi connectivity index (χ0n) is 16.1. The first-order valence-corrected chi connectivity index (χ1v) is 9.69. The molecule has 7 heteroatoms. The van der Waals surface area contributed by atoms with E-state index in [4.69, 9.17) is 17.3 Å². The number of halogens is 1. The van der Waals surface area contributed by atoms with E-state index in [1.165, 1.54) is 5.56 Å². The van der Waals surface area contributed by atoms with Crippen LogP contribution in [0, 0.1) is 6.92 Å². The van der Waals surface area contributed by atoms with Crippen molar-refractivity contribution in [2.75, 3.05) is 36.4 Å². The topological polar surface area (TPSA) is 78.7 Å². The smallest absolute Gasteiger partial charge is 0.248 e. The van der Waals surface area contributed by atoms with Crippen LogP contribution in [0.1, 0.15) is 22.8 Å². The highest BCUT2D eigenvalue weighted by molar-refractivity contribution is 6.30. The van der Waals surface area contributed by atoms with Gasteiger partial charge in [-0.3, -0.25) is 14.5 Å². The van der Waals surface area contributed by atoms with Gasteiger partial charge in [0, 0.05) is 48.1 Å². The summed E-state index contributed by atoms with van der Waals surface area (Å²) in [4.78, 5) is 28.2. The fourth-order valence-corrected chi connectivity index (χ4v) is 3.57. The van der Waals surface area contributed by atoms with Gasteiger partial charge in [0.1, 0.15) is 0 Å². The molecule has 28 heavy (non-hydrogen) atoms. The number of nitrogens with zero attached hydrogens (tertiary/aromatic N) is 2. The van der Waals surface area contributed by atoms with Gasteiger partial charge in [0.15, 0.2) is 0 Å². The van der Waals surface area contributed by atoms with Crippen LogP contribution in [-0.4, -0.2) is 48.9 Å². The van der Waals surface area contributed by atoms with Crippen LogP contribution in [0.15, 0.2) is 42.5 Å². The van der Waals surface area contributed by atoms with Crippen LogP contribution in [0.3, 0.4) is 0 Å². The monoisotopic (exact) mass is 400 g/mol. The Morgan fingerprint density at radius 3 is 2.32 bits per heavy atom. The molecule has 0 spiro atoms. The summed E-state index contributed by atoms with van der Waals surface area (Å²) in [5, 5.41) is 3.64. The summed E-state index contributed by atoms with van der Waals surface area (Å²) in [7, 11) is 0. The number of rotatable bonds is 5. The Hall–Kier alpha value is -2.57. The Kier molecular flexibility index (Phi) is 6.21. The molecule has 1 saturated heterocycles. The zero-order chi connectivity index (χ0) is 20.3. The van der Waals surface area contributed by atoms with Crippen LogP contribution >= 0.6 is 11.6 Å². The zero-order valence-corrected chi connectivity index (χ0v) is 16.9. The quantitative estimate of drug-likeness (QED) is 0.808. The summed E-state index contributed by atoms with van der Waals surface area (Å²) >= 11 is 6.15. The van der Waals surface area contributed by atoms with Crippen LogP contribution in [0.5, 0.6) is 0 Å². The summed E-state index contributed by atoms with van der Waals surface area (Å²) in [6.45, 7) is 7.26. The van der Waals surface area contributed by atoms with E-state index >= 15 is 0 Å².